The number of carbonyl (C=O) groups is 4. The maximum atomic E-state index is 13.8. The first kappa shape index (κ1) is 27.4. The van der Waals surface area contributed by atoms with E-state index in [0.717, 1.165) is 19.3 Å². The van der Waals surface area contributed by atoms with Crippen LogP contribution in [0.3, 0.4) is 0 Å². The van der Waals surface area contributed by atoms with Gasteiger partial charge in [-0.25, -0.2) is 0 Å². The van der Waals surface area contributed by atoms with E-state index < -0.39 is 27.3 Å². The van der Waals surface area contributed by atoms with Crippen LogP contribution in [0.4, 0.5) is 0 Å². The Bertz CT molecular complexity index is 1030. The number of ether oxygens (including phenoxy) is 1. The van der Waals surface area contributed by atoms with Gasteiger partial charge in [0.1, 0.15) is 17.3 Å². The van der Waals surface area contributed by atoms with Crippen LogP contribution in [-0.2, 0) is 34.0 Å². The van der Waals surface area contributed by atoms with Gasteiger partial charge in [0.05, 0.1) is 12.4 Å². The van der Waals surface area contributed by atoms with Crippen LogP contribution >= 0.6 is 0 Å². The predicted octanol–water partition coefficient (Wildman–Crippen LogP) is 3.81. The van der Waals surface area contributed by atoms with E-state index in [4.69, 9.17) is 9.29 Å². The van der Waals surface area contributed by atoms with Crippen molar-refractivity contribution in [2.75, 3.05) is 12.4 Å². The van der Waals surface area contributed by atoms with Crippen LogP contribution < -0.4 is 0 Å². The van der Waals surface area contributed by atoms with Gasteiger partial charge in [0.25, 0.3) is 10.1 Å². The summed E-state index contributed by atoms with van der Waals surface area (Å²) in [7, 11) is -4.07. The zero-order chi connectivity index (χ0) is 26.5. The Hall–Kier alpha value is -1.61. The van der Waals surface area contributed by atoms with Crippen molar-refractivity contribution in [3.63, 3.8) is 0 Å². The van der Waals surface area contributed by atoms with E-state index >= 15 is 0 Å². The third-order valence-corrected chi connectivity index (χ3v) is 11.3. The third kappa shape index (κ3) is 4.94. The van der Waals surface area contributed by atoms with Gasteiger partial charge >= 0.3 is 5.97 Å². The lowest BCUT2D eigenvalue weighted by Crippen LogP contribution is -2.60. The van der Waals surface area contributed by atoms with E-state index in [1.165, 1.54) is 0 Å². The van der Waals surface area contributed by atoms with E-state index in [2.05, 4.69) is 13.8 Å². The molecule has 5 unspecified atom stereocenters. The van der Waals surface area contributed by atoms with Crippen LogP contribution in [0.1, 0.15) is 85.0 Å². The summed E-state index contributed by atoms with van der Waals surface area (Å²) in [6.07, 6.45) is 5.11. The minimum absolute atomic E-state index is 0.0199. The predicted molar refractivity (Wildman–Crippen MR) is 131 cm³/mol. The van der Waals surface area contributed by atoms with Crippen molar-refractivity contribution in [2.24, 2.45) is 46.3 Å². The first-order chi connectivity index (χ1) is 16.8. The fraction of sp³-hybridized carbons (Fsp3) is 0.852. The van der Waals surface area contributed by atoms with Gasteiger partial charge in [0, 0.05) is 43.4 Å². The molecule has 4 fully saturated rings. The van der Waals surface area contributed by atoms with Crippen molar-refractivity contribution in [1.82, 2.24) is 0 Å². The maximum absolute atomic E-state index is 13.8. The molecule has 0 aliphatic heterocycles. The summed E-state index contributed by atoms with van der Waals surface area (Å²) in [5, 5.41) is 0. The van der Waals surface area contributed by atoms with E-state index in [1.54, 1.807) is 0 Å². The van der Waals surface area contributed by atoms with Crippen molar-refractivity contribution >= 4 is 33.4 Å². The number of rotatable bonds is 8. The SMILES string of the molecule is C[C@H](CCC(=O)OCCCS(=O)(=O)O)C1CC[C@H]2C3C(=O)CC4CC(=O)CCC4(C)[C@H]3CC(=O)C12C. The molecule has 0 aromatic rings. The van der Waals surface area contributed by atoms with E-state index in [-0.39, 0.29) is 77.7 Å². The largest absolute Gasteiger partial charge is 0.466 e. The summed E-state index contributed by atoms with van der Waals surface area (Å²) in [6.45, 7) is 6.26. The molecule has 0 saturated heterocycles. The Balaban J connectivity index is 1.41. The Morgan fingerprint density at radius 3 is 2.53 bits per heavy atom. The highest BCUT2D eigenvalue weighted by Gasteiger charge is 2.66. The highest BCUT2D eigenvalue weighted by molar-refractivity contribution is 7.85. The summed E-state index contributed by atoms with van der Waals surface area (Å²) < 4.78 is 35.4. The number of esters is 1. The normalized spacial score (nSPS) is 39.2. The van der Waals surface area contributed by atoms with Gasteiger partial charge < -0.3 is 4.74 Å². The fourth-order valence-corrected chi connectivity index (χ4v) is 8.92. The zero-order valence-electron chi connectivity index (χ0n) is 21.7. The molecule has 202 valence electrons. The zero-order valence-corrected chi connectivity index (χ0v) is 22.5. The average Bonchev–Trinajstić information content (AvgIpc) is 3.15. The Kier molecular flexibility index (Phi) is 7.57. The van der Waals surface area contributed by atoms with E-state index in [9.17, 15) is 27.6 Å². The summed E-state index contributed by atoms with van der Waals surface area (Å²) >= 11 is 0. The third-order valence-electron chi connectivity index (χ3n) is 10.5. The van der Waals surface area contributed by atoms with Gasteiger partial charge in [-0.3, -0.25) is 23.7 Å². The molecule has 9 heteroatoms. The number of ketones is 3. The molecule has 1 N–H and O–H groups in total. The average molecular weight is 525 g/mol. The first-order valence-corrected chi connectivity index (χ1v) is 15.1. The second-order valence-corrected chi connectivity index (χ2v) is 13.9. The highest BCUT2D eigenvalue weighted by Crippen LogP contribution is 2.66. The second kappa shape index (κ2) is 9.93. The van der Waals surface area contributed by atoms with Gasteiger partial charge in [-0.2, -0.15) is 8.42 Å². The molecular formula is C27H40O8S. The molecule has 0 aromatic heterocycles. The molecule has 0 aromatic carbocycles. The summed E-state index contributed by atoms with van der Waals surface area (Å²) in [6, 6.07) is 0. The molecule has 8 nitrogen and oxygen atoms in total. The van der Waals surface area contributed by atoms with Gasteiger partial charge in [-0.1, -0.05) is 20.8 Å². The van der Waals surface area contributed by atoms with Crippen molar-refractivity contribution in [1.29, 1.82) is 0 Å². The van der Waals surface area contributed by atoms with Gasteiger partial charge in [0.15, 0.2) is 0 Å². The molecule has 0 bridgehead atoms. The summed E-state index contributed by atoms with van der Waals surface area (Å²) in [5.41, 5.74) is -0.713. The van der Waals surface area contributed by atoms with Crippen LogP contribution in [0.15, 0.2) is 0 Å². The molecule has 0 radical (unpaired) electrons. The molecule has 4 aliphatic carbocycles. The van der Waals surface area contributed by atoms with Crippen molar-refractivity contribution < 1.29 is 36.9 Å². The van der Waals surface area contributed by atoms with Gasteiger partial charge in [0.2, 0.25) is 0 Å². The molecule has 4 rings (SSSR count). The van der Waals surface area contributed by atoms with Crippen molar-refractivity contribution in [2.45, 2.75) is 85.0 Å². The van der Waals surface area contributed by atoms with Crippen LogP contribution in [0.2, 0.25) is 0 Å². The standard InChI is InChI=1S/C27H40O8S/c1-16(5-8-24(31)35-11-4-12-36(32,33)34)19-6-7-20-25-21(15-23(30)27(19,20)3)26(2)10-9-18(28)13-17(26)14-22(25)29/h16-17,19-21,25H,4-15H2,1-3H3,(H,32,33,34)/t16-,17?,19?,20+,21+,25?,26?,27?/m1/s1. The number of Topliss-reactive ketones (excluding diaryl/α,β-unsaturated/α-hetero) is 3. The van der Waals surface area contributed by atoms with Gasteiger partial charge in [-0.15, -0.1) is 0 Å². The lowest BCUT2D eigenvalue weighted by molar-refractivity contribution is -0.166. The molecule has 4 aliphatic rings. The Morgan fingerprint density at radius 1 is 1.11 bits per heavy atom. The molecule has 8 atom stereocenters. The van der Waals surface area contributed by atoms with Crippen molar-refractivity contribution in [3.05, 3.63) is 0 Å². The summed E-state index contributed by atoms with van der Waals surface area (Å²) in [4.78, 5) is 51.6. The molecule has 0 spiro atoms. The highest BCUT2D eigenvalue weighted by atomic mass is 32.2. The monoisotopic (exact) mass is 524 g/mol. The maximum Gasteiger partial charge on any atom is 0.305 e. The first-order valence-electron chi connectivity index (χ1n) is 13.5. The molecule has 0 amide bonds. The lowest BCUT2D eigenvalue weighted by Gasteiger charge is -2.58. The minimum atomic E-state index is -4.07. The number of hydrogen-bond acceptors (Lipinski definition) is 7. The molecule has 0 heterocycles. The van der Waals surface area contributed by atoms with Crippen LogP contribution in [-0.4, -0.2) is 48.6 Å². The molecule has 4 saturated carbocycles. The number of hydrogen-bond donors (Lipinski definition) is 1. The van der Waals surface area contributed by atoms with E-state index in [1.807, 2.05) is 6.92 Å². The molecule has 36 heavy (non-hydrogen) atoms. The fourth-order valence-electron chi connectivity index (χ4n) is 8.44. The lowest BCUT2D eigenvalue weighted by atomic mass is 9.44. The smallest absolute Gasteiger partial charge is 0.305 e. The quantitative estimate of drug-likeness (QED) is 0.288. The Morgan fingerprint density at radius 2 is 1.83 bits per heavy atom. The van der Waals surface area contributed by atoms with Gasteiger partial charge in [-0.05, 0) is 67.1 Å². The number of carbonyl (C=O) groups excluding carboxylic acids is 4. The van der Waals surface area contributed by atoms with Crippen molar-refractivity contribution in [3.8, 4) is 0 Å². The minimum Gasteiger partial charge on any atom is -0.466 e. The Labute approximate surface area is 214 Å². The number of fused-ring (bicyclic) bond motifs is 5. The van der Waals surface area contributed by atoms with E-state index in [0.29, 0.717) is 32.1 Å². The van der Waals surface area contributed by atoms with Crippen LogP contribution in [0.25, 0.3) is 0 Å². The second-order valence-electron chi connectivity index (χ2n) is 12.3. The summed E-state index contributed by atoms with van der Waals surface area (Å²) in [5.74, 6) is 0.0250. The van der Waals surface area contributed by atoms with Crippen LogP contribution in [0, 0.1) is 46.3 Å². The topological polar surface area (TPSA) is 132 Å². The molecular weight excluding hydrogens is 484 g/mol. The van der Waals surface area contributed by atoms with Crippen LogP contribution in [0.5, 0.6) is 0 Å².